The van der Waals surface area contributed by atoms with Gasteiger partial charge in [-0.05, 0) is 31.2 Å². The standard InChI is InChI=1S/C15H17N3O2S/c1-3-16-14(19)10-21-15-8-7-13(17-18-15)11-5-4-6-12(9-11)20-2/h4-9H,3,10H2,1-2H3,(H,16,19). The number of carbonyl (C=O) groups is 1. The van der Waals surface area contributed by atoms with Crippen molar-refractivity contribution in [3.05, 3.63) is 36.4 Å². The van der Waals surface area contributed by atoms with Gasteiger partial charge in [-0.2, -0.15) is 0 Å². The molecule has 0 bridgehead atoms. The predicted molar refractivity (Wildman–Crippen MR) is 83.4 cm³/mol. The Bertz CT molecular complexity index is 602. The highest BCUT2D eigenvalue weighted by atomic mass is 32.2. The number of rotatable bonds is 6. The monoisotopic (exact) mass is 303 g/mol. The van der Waals surface area contributed by atoms with Crippen molar-refractivity contribution in [2.24, 2.45) is 0 Å². The van der Waals surface area contributed by atoms with E-state index in [1.165, 1.54) is 11.8 Å². The molecule has 110 valence electrons. The number of amides is 1. The van der Waals surface area contributed by atoms with Crippen LogP contribution in [0.1, 0.15) is 6.92 Å². The maximum absolute atomic E-state index is 11.4. The van der Waals surface area contributed by atoms with Crippen LogP contribution in [-0.4, -0.2) is 35.5 Å². The normalized spacial score (nSPS) is 10.2. The molecule has 6 heteroatoms. The van der Waals surface area contributed by atoms with E-state index in [0.29, 0.717) is 12.3 Å². The number of nitrogens with one attached hydrogen (secondary N) is 1. The van der Waals surface area contributed by atoms with Crippen LogP contribution in [0.25, 0.3) is 11.3 Å². The van der Waals surface area contributed by atoms with Crippen molar-refractivity contribution in [2.45, 2.75) is 11.9 Å². The van der Waals surface area contributed by atoms with Crippen molar-refractivity contribution >= 4 is 17.7 Å². The van der Waals surface area contributed by atoms with Gasteiger partial charge in [0.25, 0.3) is 0 Å². The number of thioether (sulfide) groups is 1. The maximum atomic E-state index is 11.4. The third-order valence-electron chi connectivity index (χ3n) is 2.73. The third kappa shape index (κ3) is 4.46. The Kier molecular flexibility index (Phi) is 5.57. The van der Waals surface area contributed by atoms with Crippen LogP contribution in [0.2, 0.25) is 0 Å². The zero-order valence-corrected chi connectivity index (χ0v) is 12.8. The molecule has 1 amide bonds. The molecule has 0 spiro atoms. The van der Waals surface area contributed by atoms with Crippen LogP contribution in [0.15, 0.2) is 41.4 Å². The van der Waals surface area contributed by atoms with E-state index in [2.05, 4.69) is 15.5 Å². The number of benzene rings is 1. The van der Waals surface area contributed by atoms with E-state index >= 15 is 0 Å². The minimum atomic E-state index is 0.00109. The minimum absolute atomic E-state index is 0.00109. The molecule has 0 atom stereocenters. The topological polar surface area (TPSA) is 64.1 Å². The summed E-state index contributed by atoms with van der Waals surface area (Å²) >= 11 is 1.37. The largest absolute Gasteiger partial charge is 0.497 e. The molecular formula is C15H17N3O2S. The lowest BCUT2D eigenvalue weighted by molar-refractivity contribution is -0.118. The minimum Gasteiger partial charge on any atom is -0.497 e. The fraction of sp³-hybridized carbons (Fsp3) is 0.267. The van der Waals surface area contributed by atoms with Crippen LogP contribution in [0.3, 0.4) is 0 Å². The number of hydrogen-bond donors (Lipinski definition) is 1. The Hall–Kier alpha value is -2.08. The molecule has 21 heavy (non-hydrogen) atoms. The van der Waals surface area contributed by atoms with Crippen LogP contribution >= 0.6 is 11.8 Å². The number of hydrogen-bond acceptors (Lipinski definition) is 5. The number of ether oxygens (including phenoxy) is 1. The Morgan fingerprint density at radius 2 is 2.14 bits per heavy atom. The Morgan fingerprint density at radius 3 is 2.81 bits per heavy atom. The molecule has 0 unspecified atom stereocenters. The van der Waals surface area contributed by atoms with Crippen LogP contribution in [-0.2, 0) is 4.79 Å². The van der Waals surface area contributed by atoms with Crippen molar-refractivity contribution in [3.63, 3.8) is 0 Å². The van der Waals surface area contributed by atoms with E-state index in [4.69, 9.17) is 4.74 Å². The summed E-state index contributed by atoms with van der Waals surface area (Å²) in [4.78, 5) is 11.4. The Morgan fingerprint density at radius 1 is 1.29 bits per heavy atom. The Balaban J connectivity index is 2.03. The highest BCUT2D eigenvalue weighted by Gasteiger charge is 2.05. The molecule has 0 aliphatic heterocycles. The Labute approximate surface area is 128 Å². The summed E-state index contributed by atoms with van der Waals surface area (Å²) in [6.45, 7) is 2.53. The summed E-state index contributed by atoms with van der Waals surface area (Å²) in [5.74, 6) is 1.13. The number of aromatic nitrogens is 2. The summed E-state index contributed by atoms with van der Waals surface area (Å²) in [7, 11) is 1.63. The van der Waals surface area contributed by atoms with Crippen molar-refractivity contribution < 1.29 is 9.53 Å². The summed E-state index contributed by atoms with van der Waals surface area (Å²) in [6, 6.07) is 11.4. The van der Waals surface area contributed by atoms with E-state index in [1.54, 1.807) is 7.11 Å². The lowest BCUT2D eigenvalue weighted by atomic mass is 10.1. The second-order valence-corrected chi connectivity index (χ2v) is 5.23. The molecule has 2 aromatic rings. The van der Waals surface area contributed by atoms with Gasteiger partial charge in [0, 0.05) is 12.1 Å². The van der Waals surface area contributed by atoms with E-state index in [-0.39, 0.29) is 5.91 Å². The number of methoxy groups -OCH3 is 1. The van der Waals surface area contributed by atoms with Crippen LogP contribution < -0.4 is 10.1 Å². The van der Waals surface area contributed by atoms with E-state index in [0.717, 1.165) is 22.0 Å². The highest BCUT2D eigenvalue weighted by molar-refractivity contribution is 7.99. The highest BCUT2D eigenvalue weighted by Crippen LogP contribution is 2.23. The molecule has 1 aromatic carbocycles. The van der Waals surface area contributed by atoms with Gasteiger partial charge in [0.1, 0.15) is 10.8 Å². The van der Waals surface area contributed by atoms with E-state index < -0.39 is 0 Å². The van der Waals surface area contributed by atoms with Crippen molar-refractivity contribution in [3.8, 4) is 17.0 Å². The van der Waals surface area contributed by atoms with Crippen LogP contribution in [0.5, 0.6) is 5.75 Å². The maximum Gasteiger partial charge on any atom is 0.230 e. The number of carbonyl (C=O) groups excluding carboxylic acids is 1. The zero-order valence-electron chi connectivity index (χ0n) is 12.0. The average molecular weight is 303 g/mol. The van der Waals surface area contributed by atoms with Gasteiger partial charge >= 0.3 is 0 Å². The van der Waals surface area contributed by atoms with Crippen LogP contribution in [0.4, 0.5) is 0 Å². The van der Waals surface area contributed by atoms with Gasteiger partial charge in [0.2, 0.25) is 5.91 Å². The van der Waals surface area contributed by atoms with Gasteiger partial charge in [-0.3, -0.25) is 4.79 Å². The van der Waals surface area contributed by atoms with Gasteiger partial charge < -0.3 is 10.1 Å². The molecule has 0 saturated heterocycles. The first-order valence-electron chi connectivity index (χ1n) is 6.60. The van der Waals surface area contributed by atoms with Crippen LogP contribution in [0, 0.1) is 0 Å². The summed E-state index contributed by atoms with van der Waals surface area (Å²) in [6.07, 6.45) is 0. The van der Waals surface area contributed by atoms with Gasteiger partial charge in [-0.15, -0.1) is 10.2 Å². The first-order chi connectivity index (χ1) is 10.2. The number of nitrogens with zero attached hydrogens (tertiary/aromatic N) is 2. The van der Waals surface area contributed by atoms with Crippen molar-refractivity contribution in [1.29, 1.82) is 0 Å². The van der Waals surface area contributed by atoms with Gasteiger partial charge in [0.05, 0.1) is 18.6 Å². The average Bonchev–Trinajstić information content (AvgIpc) is 2.54. The molecule has 1 N–H and O–H groups in total. The van der Waals surface area contributed by atoms with Crippen molar-refractivity contribution in [2.75, 3.05) is 19.4 Å². The predicted octanol–water partition coefficient (Wildman–Crippen LogP) is 2.38. The van der Waals surface area contributed by atoms with Gasteiger partial charge in [0.15, 0.2) is 0 Å². The second-order valence-electron chi connectivity index (χ2n) is 4.23. The smallest absolute Gasteiger partial charge is 0.230 e. The lowest BCUT2D eigenvalue weighted by Gasteiger charge is -2.04. The molecule has 5 nitrogen and oxygen atoms in total. The van der Waals surface area contributed by atoms with E-state index in [1.807, 2.05) is 43.3 Å². The molecule has 0 aliphatic carbocycles. The second kappa shape index (κ2) is 7.64. The fourth-order valence-electron chi connectivity index (χ4n) is 1.72. The fourth-order valence-corrected chi connectivity index (χ4v) is 2.36. The zero-order chi connectivity index (χ0) is 15.1. The van der Waals surface area contributed by atoms with Crippen molar-refractivity contribution in [1.82, 2.24) is 15.5 Å². The summed E-state index contributed by atoms with van der Waals surface area (Å²) in [5, 5.41) is 11.8. The third-order valence-corrected chi connectivity index (χ3v) is 3.65. The quantitative estimate of drug-likeness (QED) is 0.830. The van der Waals surface area contributed by atoms with E-state index in [9.17, 15) is 4.79 Å². The molecule has 0 fully saturated rings. The van der Waals surface area contributed by atoms with Gasteiger partial charge in [-0.1, -0.05) is 23.9 Å². The first-order valence-corrected chi connectivity index (χ1v) is 7.59. The molecule has 0 aliphatic rings. The summed E-state index contributed by atoms with van der Waals surface area (Å²) in [5.41, 5.74) is 1.72. The molecule has 2 rings (SSSR count). The summed E-state index contributed by atoms with van der Waals surface area (Å²) < 4.78 is 5.19. The molecule has 0 radical (unpaired) electrons. The first kappa shape index (κ1) is 15.3. The SMILES string of the molecule is CCNC(=O)CSc1ccc(-c2cccc(OC)c2)nn1. The molecule has 1 heterocycles. The molecular weight excluding hydrogens is 286 g/mol. The van der Waals surface area contributed by atoms with Gasteiger partial charge in [-0.25, -0.2) is 0 Å². The molecule has 1 aromatic heterocycles. The molecule has 0 saturated carbocycles. The lowest BCUT2D eigenvalue weighted by Crippen LogP contribution is -2.24.